The third kappa shape index (κ3) is 30.5. The molecule has 14 aromatic carbocycles. The molecule has 0 atom stereocenters. The van der Waals surface area contributed by atoms with Gasteiger partial charge in [0, 0.05) is 36.5 Å². The van der Waals surface area contributed by atoms with Crippen LogP contribution in [0.15, 0.2) is 374 Å². The van der Waals surface area contributed by atoms with E-state index in [2.05, 4.69) is 63.2 Å². The van der Waals surface area contributed by atoms with E-state index in [1.54, 1.807) is 83.0 Å². The Morgan fingerprint density at radius 3 is 0.991 bits per heavy atom. The summed E-state index contributed by atoms with van der Waals surface area (Å²) in [7, 11) is 5.20. The topological polar surface area (TPSA) is 168 Å². The first-order valence-corrected chi connectivity index (χ1v) is 38.7. The lowest BCUT2D eigenvalue weighted by Gasteiger charge is -2.28. The highest BCUT2D eigenvalue weighted by Crippen LogP contribution is 2.35. The van der Waals surface area contributed by atoms with E-state index < -0.39 is 8.07 Å². The second-order valence-corrected chi connectivity index (χ2v) is 29.5. The van der Waals surface area contributed by atoms with Crippen molar-refractivity contribution in [3.8, 4) is 92.0 Å². The molecule has 15 aromatic rings. The van der Waals surface area contributed by atoms with Gasteiger partial charge in [0.25, 0.3) is 0 Å². The van der Waals surface area contributed by atoms with E-state index in [1.165, 1.54) is 57.9 Å². The van der Waals surface area contributed by atoms with Crippen LogP contribution in [0.1, 0.15) is 40.8 Å². The predicted octanol–water partition coefficient (Wildman–Crippen LogP) is 26.3. The fourth-order valence-corrected chi connectivity index (χ4v) is 14.7. The van der Waals surface area contributed by atoms with Gasteiger partial charge < -0.3 is 62.7 Å². The van der Waals surface area contributed by atoms with Gasteiger partial charge in [0.2, 0.25) is 0 Å². The number of fused-ring (bicyclic) bond motifs is 3. The molecule has 4 N–H and O–H groups in total. The van der Waals surface area contributed by atoms with E-state index in [-0.39, 0.29) is 26.1 Å². The van der Waals surface area contributed by atoms with E-state index in [1.807, 2.05) is 269 Å². The van der Waals surface area contributed by atoms with Crippen LogP contribution in [0, 0.1) is 13.8 Å². The van der Waals surface area contributed by atoms with Crippen molar-refractivity contribution in [2.45, 2.75) is 60.2 Å². The number of para-hydroxylation sites is 8. The molecule has 0 aliphatic carbocycles. The van der Waals surface area contributed by atoms with Gasteiger partial charge in [0.05, 0.1) is 36.5 Å². The molecule has 0 amide bonds. The number of hydrogen-bond acceptors (Lipinski definition) is 13. The van der Waals surface area contributed by atoms with Crippen LogP contribution in [0.2, 0.25) is 18.1 Å². The average molecular weight is 1510 g/mol. The van der Waals surface area contributed by atoms with Crippen molar-refractivity contribution in [2.75, 3.05) is 28.4 Å². The van der Waals surface area contributed by atoms with Gasteiger partial charge in [-0.15, -0.1) is 0 Å². The smallest absolute Gasteiger partial charge is 0.163 e. The van der Waals surface area contributed by atoms with Crippen molar-refractivity contribution in [3.63, 3.8) is 0 Å². The minimum atomic E-state index is -1.41. The van der Waals surface area contributed by atoms with Crippen LogP contribution in [-0.2, 0) is 0 Å². The predicted molar refractivity (Wildman–Crippen MR) is 459 cm³/mol. The molecule has 574 valence electrons. The van der Waals surface area contributed by atoms with Crippen molar-refractivity contribution in [2.24, 2.45) is 0 Å². The molecule has 14 heteroatoms. The largest absolute Gasteiger partial charge is 0.508 e. The number of aromatic hydroxyl groups is 4. The van der Waals surface area contributed by atoms with Crippen LogP contribution in [0.4, 0.5) is 0 Å². The summed E-state index contributed by atoms with van der Waals surface area (Å²) in [5.74, 6) is 9.93. The van der Waals surface area contributed by atoms with Crippen molar-refractivity contribution in [3.05, 3.63) is 381 Å². The lowest BCUT2D eigenvalue weighted by atomic mass is 10.1. The maximum atomic E-state index is 9.21. The second-order valence-electron chi connectivity index (χ2n) is 24.3. The normalized spacial score (nSPS) is 9.85. The first-order chi connectivity index (χ1) is 53.7. The van der Waals surface area contributed by atoms with Gasteiger partial charge in [0.15, 0.2) is 11.5 Å². The Kier molecular flexibility index (Phi) is 38.1. The first-order valence-electron chi connectivity index (χ1n) is 36.0. The molecule has 13 nitrogen and oxygen atoms in total. The zero-order valence-corrected chi connectivity index (χ0v) is 64.8. The van der Waals surface area contributed by atoms with Crippen molar-refractivity contribution in [1.29, 1.82) is 0 Å². The van der Waals surface area contributed by atoms with E-state index in [0.29, 0.717) is 23.0 Å². The van der Waals surface area contributed by atoms with Crippen LogP contribution in [0.3, 0.4) is 0 Å². The van der Waals surface area contributed by atoms with Gasteiger partial charge in [-0.25, -0.2) is 0 Å². The van der Waals surface area contributed by atoms with Crippen LogP contribution in [-0.4, -0.2) is 56.9 Å². The van der Waals surface area contributed by atoms with Crippen molar-refractivity contribution in [1.82, 2.24) is 0 Å². The molecule has 0 fully saturated rings. The highest BCUT2D eigenvalue weighted by atomic mass is 28.3. The summed E-state index contributed by atoms with van der Waals surface area (Å²) in [6.45, 7) is 11.1. The molecule has 1 aromatic heterocycles. The van der Waals surface area contributed by atoms with Gasteiger partial charge in [-0.2, -0.15) is 0 Å². The average Bonchev–Trinajstić information content (AvgIpc) is 1.58. The molecule has 0 aliphatic heterocycles. The maximum absolute atomic E-state index is 9.21. The summed E-state index contributed by atoms with van der Waals surface area (Å²) in [4.78, 5) is 0. The van der Waals surface area contributed by atoms with Crippen molar-refractivity contribution >= 4 is 35.2 Å². The molecule has 0 radical (unpaired) electrons. The van der Waals surface area contributed by atoms with E-state index >= 15 is 0 Å². The van der Waals surface area contributed by atoms with E-state index in [9.17, 15) is 5.11 Å². The quantitative estimate of drug-likeness (QED) is 0.0675. The molecule has 0 aliphatic rings. The molecule has 0 saturated heterocycles. The summed E-state index contributed by atoms with van der Waals surface area (Å²) < 4.78 is 49.6. The molecular weight excluding hydrogens is 1400 g/mol. The zero-order chi connectivity index (χ0) is 78.4. The summed E-state index contributed by atoms with van der Waals surface area (Å²) in [6, 6.07) is 120. The molecule has 1 heterocycles. The number of hydrogen-bond donors (Lipinski definition) is 4. The number of furan rings is 1. The Bertz CT molecular complexity index is 4860. The lowest BCUT2D eigenvalue weighted by molar-refractivity contribution is 0.353. The highest BCUT2D eigenvalue weighted by molar-refractivity contribution is 6.93. The van der Waals surface area contributed by atoms with Gasteiger partial charge in [0.1, 0.15) is 91.7 Å². The Labute approximate surface area is 657 Å². The summed E-state index contributed by atoms with van der Waals surface area (Å²) in [6.07, 6.45) is 0. The van der Waals surface area contributed by atoms with Gasteiger partial charge in [-0.05, 0) is 164 Å². The second kappa shape index (κ2) is 48.8. The number of methoxy groups -OCH3 is 4. The number of benzene rings is 14. The summed E-state index contributed by atoms with van der Waals surface area (Å²) in [5, 5.41) is 39.2. The molecule has 0 spiro atoms. The molecule has 0 saturated carbocycles. The fourth-order valence-electron chi connectivity index (χ4n) is 10.9. The molecule has 0 unspecified atom stereocenters. The van der Waals surface area contributed by atoms with Crippen LogP contribution in [0.5, 0.6) is 92.0 Å². The minimum Gasteiger partial charge on any atom is -0.508 e. The highest BCUT2D eigenvalue weighted by Gasteiger charge is 2.32. The van der Waals surface area contributed by atoms with Gasteiger partial charge in [-0.1, -0.05) is 259 Å². The third-order valence-corrected chi connectivity index (χ3v) is 22.3. The van der Waals surface area contributed by atoms with Crippen molar-refractivity contribution < 1.29 is 64.2 Å². The van der Waals surface area contributed by atoms with E-state index in [4.69, 9.17) is 57.6 Å². The number of phenolic OH excluding ortho intramolecular Hbond substituents is 4. The lowest BCUT2D eigenvalue weighted by Crippen LogP contribution is -2.45. The Balaban J connectivity index is 0.000000236. The van der Waals surface area contributed by atoms with Crippen LogP contribution in [0.25, 0.3) is 21.9 Å². The Morgan fingerprint density at radius 1 is 0.288 bits per heavy atom. The number of aryl methyl sites for hydroxylation is 2. The SMILES string of the molecule is C.CC[Si](CC)(CC)c1cccc2c1oc1ccccc12.COc1cccc(C)c1.COc1cccc(C)c1OC.COc1ccccc1.Oc1cccc(O)c1.Oc1cccc(Oc2ccccc2)c1.Oc1ccccc1.[2HH].c1ccc(Oc2cccc(Oc3cccc(Oc4ccccc4)c3)c2)cc1.c1ccccc1. The monoisotopic (exact) mass is 1510 g/mol. The maximum Gasteiger partial charge on any atom is 0.163 e. The Hall–Kier alpha value is -13.3. The number of rotatable bonds is 16. The number of ether oxygens (including phenoxy) is 8. The fraction of sp³-hybridized carbons (Fsp3) is 0.134. The minimum absolute atomic E-state index is 0. The molecule has 15 rings (SSSR count). The van der Waals surface area contributed by atoms with Crippen LogP contribution >= 0.6 is 0 Å². The number of phenols is 4. The third-order valence-electron chi connectivity index (χ3n) is 16.7. The van der Waals surface area contributed by atoms with Gasteiger partial charge in [-0.3, -0.25) is 0 Å². The molecule has 0 bridgehead atoms. The zero-order valence-electron chi connectivity index (χ0n) is 63.8. The molecular formula is C97H104O13Si. The van der Waals surface area contributed by atoms with E-state index in [0.717, 1.165) is 68.5 Å². The van der Waals surface area contributed by atoms with Gasteiger partial charge >= 0.3 is 0 Å². The summed E-state index contributed by atoms with van der Waals surface area (Å²) >= 11 is 0. The van der Waals surface area contributed by atoms with Crippen LogP contribution < -0.4 is 43.1 Å². The standard InChI is InChI=1S/C24H18O3.C18H22OSi.C12H10O2.C9H12O2.C8H10O.C7H8O.C6H6O2.C6H6O.C6H6.CH4.H2/c1-3-9-19(10-4-1)25-21-13-7-15-23(17-21)27-24-16-8-14-22(18-24)26-20-11-5-2-6-12-20;1-4-20(5-2,6-3)17-13-9-11-15-14-10-7-8-12-16(14)19-18(15)17;13-10-5-4-8-12(9-10)14-11-6-2-1-3-7-11;1-7-5-4-6-8(10-2)9(7)11-3;1-7-4-3-5-8(6-7)9-2;1-8-7-5-3-2-4-6-7;7-5-2-1-3-6(8)4-5;7-6-4-2-1-3-5-6;1-2-4-6-5-3-1;;/h1-18H;7-13H,4-6H2,1-3H3;1-9,13H;4-6H,1-3H3;3-6H,1-2H3;2-6H,1H3;1-4,7-8H;1-5,7H;1-6H;1H4;1H/i;;;;;;;;;;1+1. The Morgan fingerprint density at radius 2 is 0.622 bits per heavy atom. The first kappa shape index (κ1) is 86.6. The summed E-state index contributed by atoms with van der Waals surface area (Å²) in [5.41, 5.74) is 4.48. The molecule has 111 heavy (non-hydrogen) atoms.